The Balaban J connectivity index is 1.96. The molecule has 2 N–H and O–H groups in total. The maximum atomic E-state index is 11.0. The summed E-state index contributed by atoms with van der Waals surface area (Å²) in [7, 11) is 3.23. The average molecular weight is 356 g/mol. The second-order valence-electron chi connectivity index (χ2n) is 6.65. The zero-order chi connectivity index (χ0) is 18.2. The minimum absolute atomic E-state index is 0.117. The lowest BCUT2D eigenvalue weighted by Crippen LogP contribution is -2.39. The normalized spacial score (nSPS) is 16.3. The fourth-order valence-corrected chi connectivity index (χ4v) is 3.08. The number of nitrogens with zero attached hydrogens (tertiary/aromatic N) is 1. The van der Waals surface area contributed by atoms with E-state index < -0.39 is 0 Å². The van der Waals surface area contributed by atoms with Crippen molar-refractivity contribution in [3.8, 4) is 0 Å². The van der Waals surface area contributed by atoms with E-state index in [0.717, 1.165) is 51.3 Å². The van der Waals surface area contributed by atoms with Crippen molar-refractivity contribution in [2.24, 2.45) is 4.99 Å². The quantitative estimate of drug-likeness (QED) is 0.196. The highest BCUT2D eigenvalue weighted by molar-refractivity contribution is 5.79. The van der Waals surface area contributed by atoms with Crippen molar-refractivity contribution in [1.82, 2.24) is 10.6 Å². The molecule has 0 aromatic rings. The summed E-state index contributed by atoms with van der Waals surface area (Å²) in [5, 5.41) is 6.62. The summed E-state index contributed by atoms with van der Waals surface area (Å²) in [6.07, 6.45) is 12.9. The molecule has 1 aliphatic carbocycles. The molecule has 0 aromatic heterocycles. The molecule has 0 bridgehead atoms. The van der Waals surface area contributed by atoms with Crippen molar-refractivity contribution >= 4 is 11.9 Å². The van der Waals surface area contributed by atoms with E-state index in [-0.39, 0.29) is 5.97 Å². The molecule has 6 nitrogen and oxygen atoms in total. The molecule has 0 radical (unpaired) electrons. The van der Waals surface area contributed by atoms with Gasteiger partial charge in [0.1, 0.15) is 0 Å². The van der Waals surface area contributed by atoms with Gasteiger partial charge in [0, 0.05) is 26.6 Å². The van der Waals surface area contributed by atoms with E-state index >= 15 is 0 Å². The first-order valence-electron chi connectivity index (χ1n) is 9.89. The van der Waals surface area contributed by atoms with Crippen LogP contribution in [0.5, 0.6) is 0 Å². The Morgan fingerprint density at radius 3 is 2.36 bits per heavy atom. The van der Waals surface area contributed by atoms with E-state index in [4.69, 9.17) is 4.74 Å². The number of aliphatic imine (C=N–C) groups is 1. The Bertz CT molecular complexity index is 367. The number of guanidine groups is 1. The third-order valence-corrected chi connectivity index (χ3v) is 4.60. The van der Waals surface area contributed by atoms with Crippen LogP contribution in [0.4, 0.5) is 0 Å². The van der Waals surface area contributed by atoms with Crippen molar-refractivity contribution in [1.29, 1.82) is 0 Å². The number of hydrogen-bond donors (Lipinski definition) is 2. The third kappa shape index (κ3) is 11.8. The largest absolute Gasteiger partial charge is 0.469 e. The molecular weight excluding hydrogens is 318 g/mol. The van der Waals surface area contributed by atoms with Crippen LogP contribution in [-0.2, 0) is 14.3 Å². The molecule has 0 aromatic carbocycles. The third-order valence-electron chi connectivity index (χ3n) is 4.60. The number of carbonyl (C=O) groups is 1. The number of rotatable bonds is 11. The molecule has 1 rings (SSSR count). The molecule has 0 unspecified atom stereocenters. The summed E-state index contributed by atoms with van der Waals surface area (Å²) in [5.41, 5.74) is 0. The summed E-state index contributed by atoms with van der Waals surface area (Å²) >= 11 is 0. The molecule has 0 amide bonds. The summed E-state index contributed by atoms with van der Waals surface area (Å²) in [6, 6.07) is 0. The summed E-state index contributed by atoms with van der Waals surface area (Å²) in [4.78, 5) is 15.2. The zero-order valence-electron chi connectivity index (χ0n) is 16.1. The molecule has 0 atom stereocenters. The van der Waals surface area contributed by atoms with Crippen LogP contribution < -0.4 is 10.6 Å². The van der Waals surface area contributed by atoms with Gasteiger partial charge in [0.2, 0.25) is 0 Å². The molecule has 1 fully saturated rings. The molecule has 1 aliphatic rings. The molecular formula is C19H37N3O3. The Morgan fingerprint density at radius 1 is 1.00 bits per heavy atom. The fourth-order valence-electron chi connectivity index (χ4n) is 3.08. The van der Waals surface area contributed by atoms with Gasteiger partial charge in [-0.15, -0.1) is 0 Å². The first-order chi connectivity index (χ1) is 12.3. The molecule has 25 heavy (non-hydrogen) atoms. The lowest BCUT2D eigenvalue weighted by molar-refractivity contribution is -0.140. The Hall–Kier alpha value is -1.30. The number of ether oxygens (including phenoxy) is 2. The molecule has 0 saturated heterocycles. The highest BCUT2D eigenvalue weighted by Crippen LogP contribution is 2.19. The molecule has 0 spiro atoms. The predicted molar refractivity (Wildman–Crippen MR) is 102 cm³/mol. The highest BCUT2D eigenvalue weighted by atomic mass is 16.5. The van der Waals surface area contributed by atoms with Gasteiger partial charge >= 0.3 is 5.97 Å². The molecule has 146 valence electrons. The van der Waals surface area contributed by atoms with Gasteiger partial charge in [0.25, 0.3) is 0 Å². The molecule has 0 heterocycles. The van der Waals surface area contributed by atoms with E-state index in [9.17, 15) is 4.79 Å². The van der Waals surface area contributed by atoms with Crippen LogP contribution in [0.2, 0.25) is 0 Å². The average Bonchev–Trinajstić information content (AvgIpc) is 2.91. The van der Waals surface area contributed by atoms with Crippen LogP contribution in [0.3, 0.4) is 0 Å². The maximum Gasteiger partial charge on any atom is 0.305 e. The van der Waals surface area contributed by atoms with Crippen molar-refractivity contribution in [3.05, 3.63) is 0 Å². The van der Waals surface area contributed by atoms with Gasteiger partial charge in [0.15, 0.2) is 5.96 Å². The molecule has 0 aliphatic heterocycles. The number of esters is 1. The van der Waals surface area contributed by atoms with Gasteiger partial charge in [-0.3, -0.25) is 9.79 Å². The van der Waals surface area contributed by atoms with Crippen LogP contribution in [0.25, 0.3) is 0 Å². The van der Waals surface area contributed by atoms with E-state index in [1.54, 1.807) is 7.05 Å². The molecule has 6 heteroatoms. The summed E-state index contributed by atoms with van der Waals surface area (Å²) < 4.78 is 10.6. The van der Waals surface area contributed by atoms with Crippen molar-refractivity contribution in [2.75, 3.05) is 33.9 Å². The lowest BCUT2D eigenvalue weighted by Gasteiger charge is -2.16. The minimum atomic E-state index is -0.117. The van der Waals surface area contributed by atoms with E-state index in [1.807, 2.05) is 0 Å². The van der Waals surface area contributed by atoms with Crippen LogP contribution >= 0.6 is 0 Å². The smallest absolute Gasteiger partial charge is 0.305 e. The van der Waals surface area contributed by atoms with E-state index in [1.165, 1.54) is 45.6 Å². The first-order valence-corrected chi connectivity index (χ1v) is 9.89. The number of nitrogens with one attached hydrogen (secondary N) is 2. The Kier molecular flexibility index (Phi) is 13.0. The highest BCUT2D eigenvalue weighted by Gasteiger charge is 2.12. The van der Waals surface area contributed by atoms with Crippen molar-refractivity contribution in [3.63, 3.8) is 0 Å². The van der Waals surface area contributed by atoms with Gasteiger partial charge in [-0.25, -0.2) is 0 Å². The van der Waals surface area contributed by atoms with E-state index in [2.05, 4.69) is 20.4 Å². The fraction of sp³-hybridized carbons (Fsp3) is 0.895. The number of unbranched alkanes of at least 4 members (excludes halogenated alkanes) is 3. The monoisotopic (exact) mass is 355 g/mol. The van der Waals surface area contributed by atoms with Gasteiger partial charge in [-0.05, 0) is 25.7 Å². The standard InChI is InChI=1S/C19H37N3O3/c1-20-19(21-14-10-6-5-9-13-18(23)24-2)22-15-16-25-17-11-7-3-4-8-12-17/h17H,3-16H2,1-2H3,(H2,20,21,22). The Morgan fingerprint density at radius 2 is 1.68 bits per heavy atom. The number of hydrogen-bond acceptors (Lipinski definition) is 4. The Labute approximate surface area is 153 Å². The van der Waals surface area contributed by atoms with Crippen LogP contribution in [0.15, 0.2) is 4.99 Å². The predicted octanol–water partition coefficient (Wildman–Crippen LogP) is 3.01. The SMILES string of the molecule is CN=C(NCCCCCCC(=O)OC)NCCOC1CCCCCC1. The van der Waals surface area contributed by atoms with Gasteiger partial charge < -0.3 is 20.1 Å². The maximum absolute atomic E-state index is 11.0. The van der Waals surface area contributed by atoms with E-state index in [0.29, 0.717) is 12.5 Å². The van der Waals surface area contributed by atoms with Crippen molar-refractivity contribution in [2.45, 2.75) is 76.7 Å². The number of methoxy groups -OCH3 is 1. The molecule has 1 saturated carbocycles. The zero-order valence-corrected chi connectivity index (χ0v) is 16.1. The van der Waals surface area contributed by atoms with Crippen LogP contribution in [-0.4, -0.2) is 51.9 Å². The lowest BCUT2D eigenvalue weighted by atomic mass is 10.1. The van der Waals surface area contributed by atoms with Gasteiger partial charge in [-0.2, -0.15) is 0 Å². The van der Waals surface area contributed by atoms with Gasteiger partial charge in [-0.1, -0.05) is 38.5 Å². The summed E-state index contributed by atoms with van der Waals surface area (Å²) in [5.74, 6) is 0.716. The second kappa shape index (κ2) is 15.0. The summed E-state index contributed by atoms with van der Waals surface area (Å²) in [6.45, 7) is 2.41. The topological polar surface area (TPSA) is 72.0 Å². The van der Waals surface area contributed by atoms with Gasteiger partial charge in [0.05, 0.1) is 19.8 Å². The first kappa shape index (κ1) is 21.7. The minimum Gasteiger partial charge on any atom is -0.469 e. The van der Waals surface area contributed by atoms with Crippen LogP contribution in [0, 0.1) is 0 Å². The second-order valence-corrected chi connectivity index (χ2v) is 6.65. The van der Waals surface area contributed by atoms with Crippen LogP contribution in [0.1, 0.15) is 70.6 Å². The number of carbonyl (C=O) groups excluding carboxylic acids is 1. The van der Waals surface area contributed by atoms with Crippen molar-refractivity contribution < 1.29 is 14.3 Å².